The second kappa shape index (κ2) is 7.18. The van der Waals surface area contributed by atoms with E-state index >= 15 is 0 Å². The Bertz CT molecular complexity index is 606. The molecule has 0 saturated carbocycles. The van der Waals surface area contributed by atoms with E-state index in [1.165, 1.54) is 6.92 Å². The van der Waals surface area contributed by atoms with Crippen LogP contribution in [0.4, 0.5) is 57.1 Å². The molecule has 0 saturated heterocycles. The summed E-state index contributed by atoms with van der Waals surface area (Å²) in [6.45, 7) is 1.31. The zero-order chi connectivity index (χ0) is 22.1. The summed E-state index contributed by atoms with van der Waals surface area (Å²) in [5.41, 5.74) is 0.518. The number of hydrazone groups is 1. The summed E-state index contributed by atoms with van der Waals surface area (Å²) >= 11 is 0. The molecule has 0 aromatic heterocycles. The smallest absolute Gasteiger partial charge is 0.266 e. The third-order valence-corrected chi connectivity index (χ3v) is 2.74. The minimum Gasteiger partial charge on any atom is -0.266 e. The van der Waals surface area contributed by atoms with Crippen LogP contribution in [0.15, 0.2) is 17.3 Å². The molecule has 158 valence electrons. The molecule has 0 aromatic carbocycles. The highest BCUT2D eigenvalue weighted by Crippen LogP contribution is 2.60. The fourth-order valence-electron chi connectivity index (χ4n) is 1.21. The lowest BCUT2D eigenvalue weighted by Gasteiger charge is -2.38. The van der Waals surface area contributed by atoms with E-state index in [1.807, 2.05) is 0 Å². The average Bonchev–Trinajstić information content (AvgIpc) is 2.49. The number of hydrogen-bond donors (Lipinski definition) is 1. The van der Waals surface area contributed by atoms with E-state index < -0.39 is 41.7 Å². The number of carbonyl (C=O) groups excluding carboxylic acids is 1. The maximum Gasteiger partial charge on any atom is 0.460 e. The molecule has 0 rings (SSSR count). The van der Waals surface area contributed by atoms with Crippen LogP contribution in [-0.4, -0.2) is 47.9 Å². The first-order chi connectivity index (χ1) is 11.7. The molecular weight excluding hydrogens is 423 g/mol. The molecule has 0 fully saturated rings. The fourth-order valence-corrected chi connectivity index (χ4v) is 1.21. The average molecular weight is 430 g/mol. The molecule has 0 unspecified atom stereocenters. The topological polar surface area (TPSA) is 41.5 Å². The molecule has 0 aliphatic carbocycles. The van der Waals surface area contributed by atoms with Gasteiger partial charge in [-0.15, -0.1) is 0 Å². The largest absolute Gasteiger partial charge is 0.460 e. The van der Waals surface area contributed by atoms with Gasteiger partial charge in [0.15, 0.2) is 0 Å². The summed E-state index contributed by atoms with van der Waals surface area (Å²) in [7, 11) is 0. The Morgan fingerprint density at radius 1 is 0.741 bits per heavy atom. The fraction of sp³-hybridized carbons (Fsp3) is 0.636. The van der Waals surface area contributed by atoms with Crippen LogP contribution in [0.5, 0.6) is 0 Å². The number of nitrogens with one attached hydrogen (secondary N) is 1. The Labute approximate surface area is 140 Å². The molecule has 1 amide bonds. The van der Waals surface area contributed by atoms with E-state index in [9.17, 15) is 61.9 Å². The van der Waals surface area contributed by atoms with Crippen LogP contribution in [0.3, 0.4) is 0 Å². The quantitative estimate of drug-likeness (QED) is 0.363. The molecule has 0 radical (unpaired) electrons. The Balaban J connectivity index is 6.11. The van der Waals surface area contributed by atoms with Crippen LogP contribution in [0.1, 0.15) is 6.92 Å². The molecule has 0 heterocycles. The van der Waals surface area contributed by atoms with Gasteiger partial charge in [0.2, 0.25) is 0 Å². The van der Waals surface area contributed by atoms with E-state index in [1.54, 1.807) is 0 Å². The lowest BCUT2D eigenvalue weighted by molar-refractivity contribution is -0.436. The summed E-state index contributed by atoms with van der Waals surface area (Å²) < 4.78 is 166. The molecule has 0 atom stereocenters. The van der Waals surface area contributed by atoms with Crippen LogP contribution in [0.2, 0.25) is 0 Å². The number of hydrogen-bond acceptors (Lipinski definition) is 2. The van der Waals surface area contributed by atoms with Crippen LogP contribution < -0.4 is 5.43 Å². The maximum absolute atomic E-state index is 13.2. The van der Waals surface area contributed by atoms with Gasteiger partial charge in [0.05, 0.1) is 0 Å². The van der Waals surface area contributed by atoms with Gasteiger partial charge in [0, 0.05) is 6.21 Å². The number of halogens is 13. The number of alkyl halides is 13. The summed E-state index contributed by atoms with van der Waals surface area (Å²) in [6.07, 6.45) is -5.07. The number of carbonyl (C=O) groups is 1. The molecule has 1 N–H and O–H groups in total. The minimum atomic E-state index is -8.06. The first-order valence-corrected chi connectivity index (χ1v) is 6.14. The van der Waals surface area contributed by atoms with E-state index in [0.29, 0.717) is 11.6 Å². The Kier molecular flexibility index (Phi) is 6.64. The van der Waals surface area contributed by atoms with Crippen molar-refractivity contribution in [3.8, 4) is 0 Å². The van der Waals surface area contributed by atoms with E-state index in [-0.39, 0.29) is 0 Å². The van der Waals surface area contributed by atoms with Gasteiger partial charge in [0.25, 0.3) is 0 Å². The molecule has 16 heteroatoms. The zero-order valence-corrected chi connectivity index (χ0v) is 12.5. The molecule has 0 aliphatic heterocycles. The Morgan fingerprint density at radius 2 is 1.15 bits per heavy atom. The van der Waals surface area contributed by atoms with E-state index in [4.69, 9.17) is 0 Å². The highest BCUT2D eigenvalue weighted by molar-refractivity contribution is 5.85. The van der Waals surface area contributed by atoms with Crippen molar-refractivity contribution in [3.63, 3.8) is 0 Å². The molecule has 0 bridgehead atoms. The maximum atomic E-state index is 13.2. The van der Waals surface area contributed by atoms with Crippen LogP contribution in [0.25, 0.3) is 0 Å². The predicted octanol–water partition coefficient (Wildman–Crippen LogP) is 4.40. The lowest BCUT2D eigenvalue weighted by atomic mass is 9.93. The van der Waals surface area contributed by atoms with Crippen molar-refractivity contribution in [1.82, 2.24) is 5.43 Å². The lowest BCUT2D eigenvalue weighted by Crippen LogP contribution is -2.71. The standard InChI is InChI=1S/C11H7F13N2O/c1-2-3-4-25-26-5(27)6(12,13)7(14,15)8(16,17)9(18,19)10(20,21)11(22,23)24/h2-4H,1H3,(H,26,27)/b3-2+,25-4-. The SMILES string of the molecule is C/C=C/C=N\NC(=O)C(F)(F)C(F)(F)C(F)(F)C(F)(F)C(F)(F)C(F)(F)F. The van der Waals surface area contributed by atoms with Crippen molar-refractivity contribution < 1.29 is 61.9 Å². The number of nitrogens with zero attached hydrogens (tertiary/aromatic N) is 1. The number of rotatable bonds is 7. The predicted molar refractivity (Wildman–Crippen MR) is 62.2 cm³/mol. The minimum absolute atomic E-state index is 0.427. The summed E-state index contributed by atoms with van der Waals surface area (Å²) in [4.78, 5) is 10.8. The van der Waals surface area contributed by atoms with E-state index in [2.05, 4.69) is 5.10 Å². The Morgan fingerprint density at radius 3 is 1.52 bits per heavy atom. The van der Waals surface area contributed by atoms with E-state index in [0.717, 1.165) is 12.2 Å². The highest BCUT2D eigenvalue weighted by Gasteiger charge is 2.91. The van der Waals surface area contributed by atoms with Crippen molar-refractivity contribution in [2.45, 2.75) is 42.7 Å². The van der Waals surface area contributed by atoms with Gasteiger partial charge in [-0.3, -0.25) is 4.79 Å². The van der Waals surface area contributed by atoms with Crippen molar-refractivity contribution in [1.29, 1.82) is 0 Å². The second-order valence-corrected chi connectivity index (χ2v) is 4.61. The van der Waals surface area contributed by atoms with Crippen molar-refractivity contribution in [3.05, 3.63) is 12.2 Å². The van der Waals surface area contributed by atoms with Crippen molar-refractivity contribution >= 4 is 12.1 Å². The molecular formula is C11H7F13N2O. The van der Waals surface area contributed by atoms with Crippen molar-refractivity contribution in [2.24, 2.45) is 5.10 Å². The zero-order valence-electron chi connectivity index (χ0n) is 12.5. The first kappa shape index (κ1) is 25.0. The highest BCUT2D eigenvalue weighted by atomic mass is 19.4. The molecule has 3 nitrogen and oxygen atoms in total. The number of amides is 1. The van der Waals surface area contributed by atoms with Crippen LogP contribution in [-0.2, 0) is 4.79 Å². The van der Waals surface area contributed by atoms with Crippen molar-refractivity contribution in [2.75, 3.05) is 0 Å². The van der Waals surface area contributed by atoms with Gasteiger partial charge < -0.3 is 0 Å². The third kappa shape index (κ3) is 3.83. The molecule has 27 heavy (non-hydrogen) atoms. The van der Waals surface area contributed by atoms with Gasteiger partial charge in [-0.2, -0.15) is 62.2 Å². The summed E-state index contributed by atoms with van der Waals surface area (Å²) in [5.74, 6) is -41.9. The summed E-state index contributed by atoms with van der Waals surface area (Å²) in [6, 6.07) is 0. The normalized spacial score (nSPS) is 15.6. The van der Waals surface area contributed by atoms with Gasteiger partial charge in [-0.05, 0) is 13.0 Å². The molecule has 0 spiro atoms. The number of allylic oxidation sites excluding steroid dienone is 2. The molecule has 0 aromatic rings. The van der Waals surface area contributed by atoms with Crippen LogP contribution in [0, 0.1) is 0 Å². The van der Waals surface area contributed by atoms with Gasteiger partial charge in [-0.25, -0.2) is 5.43 Å². The second-order valence-electron chi connectivity index (χ2n) is 4.61. The van der Waals surface area contributed by atoms with Gasteiger partial charge in [-0.1, -0.05) is 6.08 Å². The van der Waals surface area contributed by atoms with Crippen LogP contribution >= 0.6 is 0 Å². The first-order valence-electron chi connectivity index (χ1n) is 6.14. The van der Waals surface area contributed by atoms with Gasteiger partial charge >= 0.3 is 41.7 Å². The third-order valence-electron chi connectivity index (χ3n) is 2.74. The summed E-state index contributed by atoms with van der Waals surface area (Å²) in [5, 5.41) is 2.49. The monoisotopic (exact) mass is 430 g/mol. The Hall–Kier alpha value is -2.03. The van der Waals surface area contributed by atoms with Gasteiger partial charge in [0.1, 0.15) is 0 Å². The molecule has 0 aliphatic rings.